The second-order valence-corrected chi connectivity index (χ2v) is 11.2. The normalized spacial score (nSPS) is 23.0. The van der Waals surface area contributed by atoms with Gasteiger partial charge in [-0.25, -0.2) is 8.42 Å². The van der Waals surface area contributed by atoms with E-state index in [9.17, 15) is 13.2 Å². The molecule has 0 N–H and O–H groups in total. The van der Waals surface area contributed by atoms with Crippen molar-refractivity contribution in [1.29, 1.82) is 0 Å². The number of carbonyl (C=O) groups is 1. The lowest BCUT2D eigenvalue weighted by Gasteiger charge is -2.37. The molecule has 0 saturated carbocycles. The molecule has 0 spiro atoms. The molecule has 3 saturated heterocycles. The summed E-state index contributed by atoms with van der Waals surface area (Å²) >= 11 is 0. The molecule has 3 fully saturated rings. The van der Waals surface area contributed by atoms with Crippen molar-refractivity contribution in [1.82, 2.24) is 19.3 Å². The predicted octanol–water partition coefficient (Wildman–Crippen LogP) is 1.65. The van der Waals surface area contributed by atoms with Crippen LogP contribution in [0.25, 0.3) is 0 Å². The Bertz CT molecular complexity index is 861. The Kier molecular flexibility index (Phi) is 7.54. The van der Waals surface area contributed by atoms with Gasteiger partial charge in [0.2, 0.25) is 15.9 Å². The van der Waals surface area contributed by atoms with E-state index in [4.69, 9.17) is 9.26 Å². The van der Waals surface area contributed by atoms with Gasteiger partial charge in [0.15, 0.2) is 5.76 Å². The monoisotopic (exact) mass is 468 g/mol. The van der Waals surface area contributed by atoms with Gasteiger partial charge in [-0.1, -0.05) is 5.16 Å². The molecule has 180 valence electrons. The summed E-state index contributed by atoms with van der Waals surface area (Å²) < 4.78 is 37.9. The van der Waals surface area contributed by atoms with Crippen molar-refractivity contribution >= 4 is 15.9 Å². The molecule has 10 heteroatoms. The molecule has 32 heavy (non-hydrogen) atoms. The topological polar surface area (TPSA) is 96.2 Å². The first-order valence-electron chi connectivity index (χ1n) is 11.9. The summed E-state index contributed by atoms with van der Waals surface area (Å²) in [5, 5.41) is 3.78. The van der Waals surface area contributed by atoms with Gasteiger partial charge in [0.25, 0.3) is 0 Å². The number of hydrogen-bond acceptors (Lipinski definition) is 7. The Labute approximate surface area is 191 Å². The van der Waals surface area contributed by atoms with Crippen molar-refractivity contribution in [3.05, 3.63) is 11.5 Å². The van der Waals surface area contributed by atoms with Gasteiger partial charge in [-0.3, -0.25) is 9.69 Å². The van der Waals surface area contributed by atoms with Crippen LogP contribution in [0.3, 0.4) is 0 Å². The molecule has 3 aliphatic rings. The van der Waals surface area contributed by atoms with Crippen LogP contribution in [0.1, 0.15) is 43.6 Å². The van der Waals surface area contributed by atoms with Crippen molar-refractivity contribution in [2.45, 2.75) is 50.8 Å². The average Bonchev–Trinajstić information content (AvgIpc) is 3.17. The molecule has 0 unspecified atom stereocenters. The molecular formula is C22H36N4O5S. The fraction of sp³-hybridized carbons (Fsp3) is 0.818. The maximum atomic E-state index is 13.1. The van der Waals surface area contributed by atoms with E-state index in [1.54, 1.807) is 13.8 Å². The van der Waals surface area contributed by atoms with Gasteiger partial charge in [0.05, 0.1) is 13.2 Å². The second kappa shape index (κ2) is 10.2. The van der Waals surface area contributed by atoms with E-state index in [0.29, 0.717) is 43.3 Å². The Hall–Kier alpha value is -1.49. The van der Waals surface area contributed by atoms with E-state index in [1.165, 1.54) is 10.7 Å². The van der Waals surface area contributed by atoms with Crippen LogP contribution in [-0.2, 0) is 19.6 Å². The number of rotatable bonds is 6. The molecule has 3 aliphatic heterocycles. The number of aryl methyl sites for hydroxylation is 2. The Morgan fingerprint density at radius 2 is 1.66 bits per heavy atom. The number of ether oxygens (including phenoxy) is 1. The zero-order valence-electron chi connectivity index (χ0n) is 19.3. The fourth-order valence-electron chi connectivity index (χ4n) is 5.21. The third kappa shape index (κ3) is 5.18. The highest BCUT2D eigenvalue weighted by Gasteiger charge is 2.37. The molecule has 0 aromatic carbocycles. The van der Waals surface area contributed by atoms with Crippen LogP contribution in [0.15, 0.2) is 9.42 Å². The molecule has 0 aliphatic carbocycles. The van der Waals surface area contributed by atoms with Crippen LogP contribution in [0.4, 0.5) is 0 Å². The number of nitrogens with zero attached hydrogens (tertiary/aromatic N) is 4. The highest BCUT2D eigenvalue weighted by Crippen LogP contribution is 2.29. The molecule has 9 nitrogen and oxygen atoms in total. The van der Waals surface area contributed by atoms with Gasteiger partial charge in [0, 0.05) is 45.2 Å². The number of piperidine rings is 2. The third-order valence-electron chi connectivity index (χ3n) is 7.25. The lowest BCUT2D eigenvalue weighted by atomic mass is 9.91. The minimum Gasteiger partial charge on any atom is -0.379 e. The Balaban J connectivity index is 1.23. The van der Waals surface area contributed by atoms with Crippen molar-refractivity contribution < 1.29 is 22.5 Å². The van der Waals surface area contributed by atoms with Crippen molar-refractivity contribution in [3.63, 3.8) is 0 Å². The summed E-state index contributed by atoms with van der Waals surface area (Å²) in [7, 11) is -3.64. The number of likely N-dealkylation sites (tertiary alicyclic amines) is 1. The molecule has 0 atom stereocenters. The van der Waals surface area contributed by atoms with Gasteiger partial charge < -0.3 is 14.2 Å². The van der Waals surface area contributed by atoms with Crippen LogP contribution in [-0.4, -0.2) is 92.6 Å². The van der Waals surface area contributed by atoms with Gasteiger partial charge in [-0.2, -0.15) is 4.31 Å². The zero-order chi connectivity index (χ0) is 22.7. The van der Waals surface area contributed by atoms with Gasteiger partial charge >= 0.3 is 0 Å². The van der Waals surface area contributed by atoms with Crippen molar-refractivity contribution in [2.75, 3.05) is 59.0 Å². The lowest BCUT2D eigenvalue weighted by Crippen LogP contribution is -2.47. The minimum absolute atomic E-state index is 0.0870. The Morgan fingerprint density at radius 1 is 1.00 bits per heavy atom. The van der Waals surface area contributed by atoms with Crippen LogP contribution in [0, 0.1) is 25.7 Å². The van der Waals surface area contributed by atoms with E-state index in [0.717, 1.165) is 58.8 Å². The van der Waals surface area contributed by atoms with Gasteiger partial charge in [-0.15, -0.1) is 0 Å². The maximum Gasteiger partial charge on any atom is 0.248 e. The Morgan fingerprint density at radius 3 is 2.25 bits per heavy atom. The largest absolute Gasteiger partial charge is 0.379 e. The van der Waals surface area contributed by atoms with Crippen molar-refractivity contribution in [2.24, 2.45) is 11.8 Å². The standard InChI is InChI=1S/C22H36N4O5S/c1-17-21(18(2)31-23-17)32(28,29)26-11-6-20(7-12-26)22(27)25-9-4-19(5-10-25)3-8-24-13-15-30-16-14-24/h19-20H,3-16H2,1-2H3. The molecule has 1 aromatic heterocycles. The van der Waals surface area contributed by atoms with Crippen LogP contribution >= 0.6 is 0 Å². The minimum atomic E-state index is -3.64. The van der Waals surface area contributed by atoms with E-state index in [1.807, 2.05) is 4.90 Å². The first-order chi connectivity index (χ1) is 15.4. The smallest absolute Gasteiger partial charge is 0.248 e. The number of carbonyl (C=O) groups excluding carboxylic acids is 1. The second-order valence-electron chi connectivity index (χ2n) is 9.34. The summed E-state index contributed by atoms with van der Waals surface area (Å²) in [6.07, 6.45) is 4.46. The first-order valence-corrected chi connectivity index (χ1v) is 13.3. The van der Waals surface area contributed by atoms with E-state index in [-0.39, 0.29) is 16.7 Å². The van der Waals surface area contributed by atoms with Crippen molar-refractivity contribution in [3.8, 4) is 0 Å². The quantitative estimate of drug-likeness (QED) is 0.626. The summed E-state index contributed by atoms with van der Waals surface area (Å²) in [5.41, 5.74) is 0.386. The highest BCUT2D eigenvalue weighted by atomic mass is 32.2. The highest BCUT2D eigenvalue weighted by molar-refractivity contribution is 7.89. The molecule has 4 heterocycles. The summed E-state index contributed by atoms with van der Waals surface area (Å²) in [5.74, 6) is 1.11. The van der Waals surface area contributed by atoms with Crippen LogP contribution in [0.5, 0.6) is 0 Å². The molecule has 0 radical (unpaired) electrons. The SMILES string of the molecule is Cc1noc(C)c1S(=O)(=O)N1CCC(C(=O)N2CCC(CCN3CCOCC3)CC2)CC1. The number of hydrogen-bond donors (Lipinski definition) is 0. The van der Waals surface area contributed by atoms with E-state index < -0.39 is 10.0 Å². The third-order valence-corrected chi connectivity index (χ3v) is 9.40. The molecule has 1 amide bonds. The summed E-state index contributed by atoms with van der Waals surface area (Å²) in [4.78, 5) is 17.7. The zero-order valence-corrected chi connectivity index (χ0v) is 20.1. The molecule has 0 bridgehead atoms. The molecular weight excluding hydrogens is 432 g/mol. The molecule has 4 rings (SSSR count). The predicted molar refractivity (Wildman–Crippen MR) is 119 cm³/mol. The lowest BCUT2D eigenvalue weighted by molar-refractivity contribution is -0.138. The van der Waals surface area contributed by atoms with Crippen LogP contribution < -0.4 is 0 Å². The fourth-order valence-corrected chi connectivity index (χ4v) is 6.97. The van der Waals surface area contributed by atoms with Gasteiger partial charge in [0.1, 0.15) is 10.6 Å². The average molecular weight is 469 g/mol. The maximum absolute atomic E-state index is 13.1. The van der Waals surface area contributed by atoms with E-state index in [2.05, 4.69) is 10.1 Å². The molecule has 1 aromatic rings. The first kappa shape index (κ1) is 23.7. The number of amides is 1. The number of morpholine rings is 1. The van der Waals surface area contributed by atoms with Crippen LogP contribution in [0.2, 0.25) is 0 Å². The number of sulfonamides is 1. The summed E-state index contributed by atoms with van der Waals surface area (Å²) in [6.45, 7) is 10.5. The summed E-state index contributed by atoms with van der Waals surface area (Å²) in [6, 6.07) is 0. The van der Waals surface area contributed by atoms with E-state index >= 15 is 0 Å². The van der Waals surface area contributed by atoms with Gasteiger partial charge in [-0.05, 0) is 58.4 Å². The number of aromatic nitrogens is 1.